The molecule has 1 aliphatic heterocycles. The number of rotatable bonds is 4. The minimum absolute atomic E-state index is 0.309. The van der Waals surface area contributed by atoms with Crippen molar-refractivity contribution in [3.8, 4) is 5.75 Å². The van der Waals surface area contributed by atoms with Gasteiger partial charge in [-0.3, -0.25) is 4.90 Å². The monoisotopic (exact) mass is 232 g/mol. The van der Waals surface area contributed by atoms with E-state index in [0.717, 1.165) is 19.6 Å². The van der Waals surface area contributed by atoms with E-state index in [1.807, 2.05) is 12.1 Å². The van der Waals surface area contributed by atoms with Crippen LogP contribution in [0.3, 0.4) is 0 Å². The fraction of sp³-hybridized carbons (Fsp3) is 0.571. The minimum atomic E-state index is 0.309. The van der Waals surface area contributed by atoms with E-state index in [4.69, 9.17) is 0 Å². The lowest BCUT2D eigenvalue weighted by Crippen LogP contribution is -2.57. The number of nitrogens with one attached hydrogen (secondary N) is 1. The molecule has 1 aromatic carbocycles. The highest BCUT2D eigenvalue weighted by Gasteiger charge is 2.46. The van der Waals surface area contributed by atoms with Gasteiger partial charge in [-0.15, -0.1) is 0 Å². The van der Waals surface area contributed by atoms with E-state index in [9.17, 15) is 5.11 Å². The maximum atomic E-state index is 9.58. The van der Waals surface area contributed by atoms with Crippen molar-refractivity contribution >= 4 is 0 Å². The van der Waals surface area contributed by atoms with Gasteiger partial charge in [0.15, 0.2) is 0 Å². The second-order valence-electron chi connectivity index (χ2n) is 5.56. The van der Waals surface area contributed by atoms with Gasteiger partial charge < -0.3 is 10.4 Å². The van der Waals surface area contributed by atoms with Crippen LogP contribution in [0.15, 0.2) is 24.3 Å². The average molecular weight is 232 g/mol. The van der Waals surface area contributed by atoms with Crippen LogP contribution in [0.5, 0.6) is 5.75 Å². The van der Waals surface area contributed by atoms with Gasteiger partial charge in [0.1, 0.15) is 5.75 Å². The molecule has 1 saturated heterocycles. The van der Waals surface area contributed by atoms with Crippen LogP contribution in [0, 0.1) is 0 Å². The second-order valence-corrected chi connectivity index (χ2v) is 5.56. The van der Waals surface area contributed by atoms with Crippen molar-refractivity contribution < 1.29 is 5.11 Å². The van der Waals surface area contributed by atoms with Crippen LogP contribution in [-0.2, 0) is 5.41 Å². The van der Waals surface area contributed by atoms with Gasteiger partial charge in [0.2, 0.25) is 0 Å². The van der Waals surface area contributed by atoms with Crippen molar-refractivity contribution in [3.63, 3.8) is 0 Å². The highest BCUT2D eigenvalue weighted by molar-refractivity contribution is 5.37. The number of phenols is 1. The first-order chi connectivity index (χ1) is 8.20. The minimum Gasteiger partial charge on any atom is -0.508 e. The Bertz CT molecular complexity index is 410. The first kappa shape index (κ1) is 11.1. The SMILES string of the molecule is CN(CC1(c2cccc(O)c2)CC1)C1CNC1. The molecule has 0 radical (unpaired) electrons. The maximum Gasteiger partial charge on any atom is 0.115 e. The molecule has 0 atom stereocenters. The zero-order valence-electron chi connectivity index (χ0n) is 10.3. The quantitative estimate of drug-likeness (QED) is 0.822. The Balaban J connectivity index is 1.72. The molecule has 1 aliphatic carbocycles. The normalized spacial score (nSPS) is 22.5. The molecule has 0 amide bonds. The van der Waals surface area contributed by atoms with E-state index in [1.54, 1.807) is 6.07 Å². The zero-order valence-corrected chi connectivity index (χ0v) is 10.3. The van der Waals surface area contributed by atoms with Gasteiger partial charge in [-0.05, 0) is 37.6 Å². The lowest BCUT2D eigenvalue weighted by Gasteiger charge is -2.37. The molecule has 1 heterocycles. The molecular weight excluding hydrogens is 212 g/mol. The Morgan fingerprint density at radius 3 is 2.71 bits per heavy atom. The first-order valence-corrected chi connectivity index (χ1v) is 6.40. The zero-order chi connectivity index (χ0) is 11.9. The Labute approximate surface area is 102 Å². The first-order valence-electron chi connectivity index (χ1n) is 6.40. The summed E-state index contributed by atoms with van der Waals surface area (Å²) in [5, 5.41) is 12.9. The van der Waals surface area contributed by atoms with E-state index in [-0.39, 0.29) is 0 Å². The molecule has 0 bridgehead atoms. The summed E-state index contributed by atoms with van der Waals surface area (Å²) in [5.41, 5.74) is 1.61. The van der Waals surface area contributed by atoms with E-state index >= 15 is 0 Å². The Morgan fingerprint density at radius 1 is 1.41 bits per heavy atom. The van der Waals surface area contributed by atoms with Gasteiger partial charge in [0, 0.05) is 31.1 Å². The van der Waals surface area contributed by atoms with Crippen molar-refractivity contribution in [2.45, 2.75) is 24.3 Å². The third kappa shape index (κ3) is 2.05. The number of hydrogen-bond acceptors (Lipinski definition) is 3. The molecule has 2 aliphatic rings. The third-order valence-corrected chi connectivity index (χ3v) is 4.25. The smallest absolute Gasteiger partial charge is 0.115 e. The number of phenolic OH excluding ortho intramolecular Hbond substituents is 1. The van der Waals surface area contributed by atoms with Crippen LogP contribution in [0.1, 0.15) is 18.4 Å². The molecule has 0 unspecified atom stereocenters. The van der Waals surface area contributed by atoms with Crippen molar-refractivity contribution in [2.24, 2.45) is 0 Å². The number of hydrogen-bond donors (Lipinski definition) is 2. The fourth-order valence-electron chi connectivity index (χ4n) is 2.72. The van der Waals surface area contributed by atoms with Gasteiger partial charge in [-0.2, -0.15) is 0 Å². The lowest BCUT2D eigenvalue weighted by atomic mass is 9.94. The van der Waals surface area contributed by atoms with Crippen LogP contribution in [0.4, 0.5) is 0 Å². The predicted molar refractivity (Wildman–Crippen MR) is 68.3 cm³/mol. The average Bonchev–Trinajstić information content (AvgIpc) is 2.96. The third-order valence-electron chi connectivity index (χ3n) is 4.25. The Hall–Kier alpha value is -1.06. The molecule has 92 valence electrons. The maximum absolute atomic E-state index is 9.58. The van der Waals surface area contributed by atoms with E-state index in [1.165, 1.54) is 18.4 Å². The largest absolute Gasteiger partial charge is 0.508 e. The molecule has 3 nitrogen and oxygen atoms in total. The highest BCUT2D eigenvalue weighted by Crippen LogP contribution is 2.49. The van der Waals surface area contributed by atoms with Crippen LogP contribution >= 0.6 is 0 Å². The van der Waals surface area contributed by atoms with Gasteiger partial charge in [-0.1, -0.05) is 12.1 Å². The van der Waals surface area contributed by atoms with Gasteiger partial charge in [0.25, 0.3) is 0 Å². The van der Waals surface area contributed by atoms with E-state index in [0.29, 0.717) is 17.2 Å². The molecule has 2 fully saturated rings. The van der Waals surface area contributed by atoms with Crippen molar-refractivity contribution in [1.82, 2.24) is 10.2 Å². The van der Waals surface area contributed by atoms with Crippen molar-refractivity contribution in [2.75, 3.05) is 26.7 Å². The summed E-state index contributed by atoms with van der Waals surface area (Å²) >= 11 is 0. The molecular formula is C14H20N2O. The number of nitrogens with zero attached hydrogens (tertiary/aromatic N) is 1. The summed E-state index contributed by atoms with van der Waals surface area (Å²) in [6.45, 7) is 3.35. The highest BCUT2D eigenvalue weighted by atomic mass is 16.3. The van der Waals surface area contributed by atoms with Crippen LogP contribution in [-0.4, -0.2) is 42.7 Å². The summed E-state index contributed by atoms with van der Waals surface area (Å²) in [4.78, 5) is 2.47. The molecule has 3 heteroatoms. The van der Waals surface area contributed by atoms with E-state index < -0.39 is 0 Å². The topological polar surface area (TPSA) is 35.5 Å². The fourth-order valence-corrected chi connectivity index (χ4v) is 2.72. The van der Waals surface area contributed by atoms with Gasteiger partial charge in [0.05, 0.1) is 0 Å². The molecule has 2 N–H and O–H groups in total. The number of likely N-dealkylation sites (N-methyl/N-ethyl adjacent to an activating group) is 1. The second kappa shape index (κ2) is 4.00. The summed E-state index contributed by atoms with van der Waals surface area (Å²) in [6, 6.07) is 8.48. The van der Waals surface area contributed by atoms with Crippen LogP contribution in [0.25, 0.3) is 0 Å². The molecule has 1 saturated carbocycles. The number of benzene rings is 1. The molecule has 1 aromatic rings. The Morgan fingerprint density at radius 2 is 2.18 bits per heavy atom. The van der Waals surface area contributed by atoms with E-state index in [2.05, 4.69) is 23.3 Å². The molecule has 0 spiro atoms. The summed E-state index contributed by atoms with van der Waals surface area (Å²) in [6.07, 6.45) is 2.50. The number of aromatic hydroxyl groups is 1. The molecule has 17 heavy (non-hydrogen) atoms. The van der Waals surface area contributed by atoms with Crippen molar-refractivity contribution in [3.05, 3.63) is 29.8 Å². The molecule has 0 aromatic heterocycles. The van der Waals surface area contributed by atoms with Gasteiger partial charge in [-0.25, -0.2) is 0 Å². The van der Waals surface area contributed by atoms with Gasteiger partial charge >= 0.3 is 0 Å². The summed E-state index contributed by atoms with van der Waals surface area (Å²) in [7, 11) is 2.22. The summed E-state index contributed by atoms with van der Waals surface area (Å²) < 4.78 is 0. The lowest BCUT2D eigenvalue weighted by molar-refractivity contribution is 0.166. The van der Waals surface area contributed by atoms with Crippen LogP contribution < -0.4 is 5.32 Å². The van der Waals surface area contributed by atoms with Crippen molar-refractivity contribution in [1.29, 1.82) is 0 Å². The molecule has 3 rings (SSSR count). The summed E-state index contributed by atoms with van der Waals surface area (Å²) in [5.74, 6) is 0.390. The predicted octanol–water partition coefficient (Wildman–Crippen LogP) is 1.33. The Kier molecular flexibility index (Phi) is 2.60. The standard InChI is InChI=1S/C14H20N2O/c1-16(12-8-15-9-12)10-14(5-6-14)11-3-2-4-13(17)7-11/h2-4,7,12,15,17H,5-6,8-10H2,1H3. The van der Waals surface area contributed by atoms with Crippen LogP contribution in [0.2, 0.25) is 0 Å².